The van der Waals surface area contributed by atoms with E-state index in [0.717, 1.165) is 6.07 Å². The Labute approximate surface area is 111 Å². The lowest BCUT2D eigenvalue weighted by molar-refractivity contribution is -0.359. The molecule has 20 heavy (non-hydrogen) atoms. The first-order chi connectivity index (χ1) is 9.04. The standard InChI is InChI=1S/C13H12F7/c1-2-3-5-9-6-4-7-10(8-9)11(14,15)12(16,17)13(18,19)20/h4-8H,2-3H2,1H3. The van der Waals surface area contributed by atoms with E-state index in [1.807, 2.05) is 6.92 Å². The minimum absolute atomic E-state index is 0.182. The smallest absolute Gasteiger partial charge is 0.194 e. The van der Waals surface area contributed by atoms with E-state index in [-0.39, 0.29) is 5.56 Å². The normalized spacial score (nSPS) is 13.6. The molecule has 0 aliphatic rings. The maximum atomic E-state index is 13.4. The maximum absolute atomic E-state index is 13.4. The molecular formula is C13H12F7. The first-order valence-electron chi connectivity index (χ1n) is 5.80. The van der Waals surface area contributed by atoms with Crippen molar-refractivity contribution >= 4 is 0 Å². The SMILES string of the molecule is CCC[CH]c1cccc(C(F)(F)C(F)(F)C(F)(F)F)c1. The highest BCUT2D eigenvalue weighted by Crippen LogP contribution is 2.51. The van der Waals surface area contributed by atoms with Crippen LogP contribution in [0.4, 0.5) is 30.7 Å². The van der Waals surface area contributed by atoms with E-state index in [2.05, 4.69) is 0 Å². The summed E-state index contributed by atoms with van der Waals surface area (Å²) in [6, 6.07) is 3.59. The number of benzene rings is 1. The van der Waals surface area contributed by atoms with Crippen molar-refractivity contribution in [3.05, 3.63) is 41.8 Å². The Hall–Kier alpha value is -1.27. The summed E-state index contributed by atoms with van der Waals surface area (Å²) >= 11 is 0. The van der Waals surface area contributed by atoms with Gasteiger partial charge in [0.1, 0.15) is 0 Å². The van der Waals surface area contributed by atoms with Crippen LogP contribution in [0.15, 0.2) is 24.3 Å². The molecule has 7 heteroatoms. The fourth-order valence-electron chi connectivity index (χ4n) is 1.53. The minimum Gasteiger partial charge on any atom is -0.194 e. The highest BCUT2D eigenvalue weighted by Gasteiger charge is 2.73. The summed E-state index contributed by atoms with van der Waals surface area (Å²) in [6.45, 7) is 1.81. The van der Waals surface area contributed by atoms with Gasteiger partial charge < -0.3 is 0 Å². The first-order valence-corrected chi connectivity index (χ1v) is 5.80. The molecule has 0 N–H and O–H groups in total. The number of rotatable bonds is 5. The van der Waals surface area contributed by atoms with Gasteiger partial charge in [-0.3, -0.25) is 0 Å². The van der Waals surface area contributed by atoms with E-state index in [9.17, 15) is 30.7 Å². The monoisotopic (exact) mass is 301 g/mol. The molecular weight excluding hydrogens is 289 g/mol. The molecule has 0 fully saturated rings. The zero-order chi connectivity index (χ0) is 15.6. The van der Waals surface area contributed by atoms with Gasteiger partial charge in [-0.05, 0) is 24.5 Å². The average Bonchev–Trinajstić information content (AvgIpc) is 2.35. The van der Waals surface area contributed by atoms with Crippen LogP contribution in [0.25, 0.3) is 0 Å². The van der Waals surface area contributed by atoms with Gasteiger partial charge in [0, 0.05) is 5.56 Å². The van der Waals surface area contributed by atoms with Crippen LogP contribution in [0.5, 0.6) is 0 Å². The number of alkyl halides is 7. The molecule has 113 valence electrons. The van der Waals surface area contributed by atoms with Crippen molar-refractivity contribution in [1.29, 1.82) is 0 Å². The second-order valence-electron chi connectivity index (χ2n) is 4.26. The van der Waals surface area contributed by atoms with E-state index in [1.54, 1.807) is 0 Å². The van der Waals surface area contributed by atoms with Crippen LogP contribution in [0.3, 0.4) is 0 Å². The summed E-state index contributed by atoms with van der Waals surface area (Å²) < 4.78 is 88.9. The Morgan fingerprint density at radius 2 is 1.60 bits per heavy atom. The Morgan fingerprint density at radius 1 is 1.00 bits per heavy atom. The topological polar surface area (TPSA) is 0 Å². The molecule has 1 aromatic carbocycles. The molecule has 0 heterocycles. The molecule has 0 aliphatic heterocycles. The second-order valence-corrected chi connectivity index (χ2v) is 4.26. The molecule has 0 aromatic heterocycles. The summed E-state index contributed by atoms with van der Waals surface area (Å²) in [5, 5.41) is 0. The fourth-order valence-corrected chi connectivity index (χ4v) is 1.53. The minimum atomic E-state index is -6.32. The van der Waals surface area contributed by atoms with Crippen LogP contribution in [0.2, 0.25) is 0 Å². The molecule has 1 rings (SSSR count). The number of halogens is 7. The van der Waals surface area contributed by atoms with Gasteiger partial charge in [-0.15, -0.1) is 0 Å². The zero-order valence-electron chi connectivity index (χ0n) is 10.4. The molecule has 0 amide bonds. The lowest BCUT2D eigenvalue weighted by atomic mass is 9.98. The van der Waals surface area contributed by atoms with Gasteiger partial charge >= 0.3 is 18.0 Å². The van der Waals surface area contributed by atoms with E-state index in [1.165, 1.54) is 12.5 Å². The molecule has 0 bridgehead atoms. The Morgan fingerprint density at radius 3 is 2.10 bits per heavy atom. The van der Waals surface area contributed by atoms with Gasteiger partial charge in [0.15, 0.2) is 0 Å². The Bertz CT molecular complexity index is 448. The summed E-state index contributed by atoms with van der Waals surface area (Å²) in [7, 11) is 0. The van der Waals surface area contributed by atoms with Crippen molar-refractivity contribution in [1.82, 2.24) is 0 Å². The van der Waals surface area contributed by atoms with E-state index in [4.69, 9.17) is 0 Å². The molecule has 1 aromatic rings. The van der Waals surface area contributed by atoms with Gasteiger partial charge in [-0.2, -0.15) is 30.7 Å². The predicted octanol–water partition coefficient (Wildman–Crippen LogP) is 5.33. The van der Waals surface area contributed by atoms with E-state index < -0.39 is 23.6 Å². The van der Waals surface area contributed by atoms with Crippen LogP contribution < -0.4 is 0 Å². The molecule has 0 saturated heterocycles. The van der Waals surface area contributed by atoms with Crippen LogP contribution >= 0.6 is 0 Å². The first kappa shape index (κ1) is 16.8. The number of hydrogen-bond acceptors (Lipinski definition) is 0. The van der Waals surface area contributed by atoms with Gasteiger partial charge in [-0.1, -0.05) is 31.5 Å². The van der Waals surface area contributed by atoms with Gasteiger partial charge in [0.25, 0.3) is 0 Å². The molecule has 1 radical (unpaired) electrons. The van der Waals surface area contributed by atoms with Crippen LogP contribution in [0, 0.1) is 6.42 Å². The zero-order valence-corrected chi connectivity index (χ0v) is 10.4. The van der Waals surface area contributed by atoms with E-state index >= 15 is 0 Å². The van der Waals surface area contributed by atoms with Crippen molar-refractivity contribution in [2.24, 2.45) is 0 Å². The largest absolute Gasteiger partial charge is 0.460 e. The molecule has 0 saturated carbocycles. The Kier molecular flexibility index (Phi) is 4.71. The average molecular weight is 301 g/mol. The van der Waals surface area contributed by atoms with Crippen molar-refractivity contribution in [2.45, 2.75) is 37.8 Å². The number of unbranched alkanes of at least 4 members (excludes halogenated alkanes) is 1. The van der Waals surface area contributed by atoms with Crippen molar-refractivity contribution in [2.75, 3.05) is 0 Å². The quantitative estimate of drug-likeness (QED) is 0.645. The van der Waals surface area contributed by atoms with Gasteiger partial charge in [-0.25, -0.2) is 0 Å². The van der Waals surface area contributed by atoms with Gasteiger partial charge in [0.2, 0.25) is 0 Å². The summed E-state index contributed by atoms with van der Waals surface area (Å²) in [5.41, 5.74) is -1.17. The third-order valence-corrected chi connectivity index (χ3v) is 2.67. The molecule has 0 unspecified atom stereocenters. The summed E-state index contributed by atoms with van der Waals surface area (Å²) in [4.78, 5) is 0. The summed E-state index contributed by atoms with van der Waals surface area (Å²) in [5.74, 6) is -11.4. The summed E-state index contributed by atoms with van der Waals surface area (Å²) in [6.07, 6.45) is -3.63. The number of hydrogen-bond donors (Lipinski definition) is 0. The third-order valence-electron chi connectivity index (χ3n) is 2.67. The molecule has 0 aliphatic carbocycles. The van der Waals surface area contributed by atoms with Crippen molar-refractivity contribution in [3.8, 4) is 0 Å². The lowest BCUT2D eigenvalue weighted by Gasteiger charge is -2.28. The molecule has 0 nitrogen and oxygen atoms in total. The van der Waals surface area contributed by atoms with Crippen molar-refractivity contribution < 1.29 is 30.7 Å². The lowest BCUT2D eigenvalue weighted by Crippen LogP contribution is -2.50. The second kappa shape index (κ2) is 5.61. The van der Waals surface area contributed by atoms with Crippen LogP contribution in [0.1, 0.15) is 30.9 Å². The Balaban J connectivity index is 3.15. The van der Waals surface area contributed by atoms with Crippen LogP contribution in [-0.2, 0) is 5.92 Å². The van der Waals surface area contributed by atoms with Crippen LogP contribution in [-0.4, -0.2) is 12.1 Å². The fraction of sp³-hybridized carbons (Fsp3) is 0.462. The molecule has 0 spiro atoms. The maximum Gasteiger partial charge on any atom is 0.460 e. The predicted molar refractivity (Wildman–Crippen MR) is 59.6 cm³/mol. The van der Waals surface area contributed by atoms with E-state index in [0.29, 0.717) is 25.0 Å². The van der Waals surface area contributed by atoms with Crippen molar-refractivity contribution in [3.63, 3.8) is 0 Å². The molecule has 0 atom stereocenters. The highest BCUT2D eigenvalue weighted by molar-refractivity contribution is 5.32. The third kappa shape index (κ3) is 3.07. The van der Waals surface area contributed by atoms with Gasteiger partial charge in [0.05, 0.1) is 0 Å². The highest BCUT2D eigenvalue weighted by atomic mass is 19.4.